The first-order valence-electron chi connectivity index (χ1n) is 10.8. The molecular weight excluding hydrogens is 394 g/mol. The van der Waals surface area contributed by atoms with Crippen molar-refractivity contribution in [3.05, 3.63) is 46.1 Å². The molecule has 0 amide bonds. The first kappa shape index (κ1) is 19.5. The molecule has 1 aliphatic carbocycles. The number of likely N-dealkylation sites (tertiary alicyclic amines) is 1. The van der Waals surface area contributed by atoms with Crippen LogP contribution in [0.3, 0.4) is 0 Å². The van der Waals surface area contributed by atoms with Crippen LogP contribution in [0, 0.1) is 0 Å². The molecule has 1 aromatic carbocycles. The molecule has 0 radical (unpaired) electrons. The van der Waals surface area contributed by atoms with E-state index >= 15 is 0 Å². The number of anilines is 1. The molecule has 2 aromatic heterocycles. The van der Waals surface area contributed by atoms with Crippen molar-refractivity contribution in [3.63, 3.8) is 0 Å². The van der Waals surface area contributed by atoms with Gasteiger partial charge in [0.25, 0.3) is 0 Å². The highest BCUT2D eigenvalue weighted by Crippen LogP contribution is 2.39. The average Bonchev–Trinajstić information content (AvgIpc) is 3.49. The maximum absolute atomic E-state index is 5.62. The summed E-state index contributed by atoms with van der Waals surface area (Å²) in [4.78, 5) is 13.1. The van der Waals surface area contributed by atoms with Gasteiger partial charge >= 0.3 is 0 Å². The van der Waals surface area contributed by atoms with E-state index in [0.29, 0.717) is 0 Å². The average molecular weight is 423 g/mol. The van der Waals surface area contributed by atoms with Crippen LogP contribution in [-0.4, -0.2) is 35.9 Å². The van der Waals surface area contributed by atoms with Crippen LogP contribution in [0.5, 0.6) is 5.75 Å². The zero-order valence-corrected chi connectivity index (χ0v) is 18.4. The lowest BCUT2D eigenvalue weighted by atomic mass is 10.1. The van der Waals surface area contributed by atoms with Crippen LogP contribution >= 0.6 is 11.3 Å². The Hall–Kier alpha value is -2.51. The summed E-state index contributed by atoms with van der Waals surface area (Å²) in [5.74, 6) is 1.78. The number of nitrogens with zero attached hydrogens (tertiary/aromatic N) is 3. The Kier molecular flexibility index (Phi) is 5.39. The molecule has 0 atom stereocenters. The Labute approximate surface area is 181 Å². The van der Waals surface area contributed by atoms with E-state index in [1.807, 2.05) is 6.92 Å². The Morgan fingerprint density at radius 3 is 2.90 bits per heavy atom. The van der Waals surface area contributed by atoms with E-state index in [4.69, 9.17) is 4.74 Å². The molecule has 1 fully saturated rings. The Morgan fingerprint density at radius 2 is 2.07 bits per heavy atom. The fourth-order valence-electron chi connectivity index (χ4n) is 4.68. The number of thiophene rings is 1. The molecule has 1 aliphatic heterocycles. The van der Waals surface area contributed by atoms with Gasteiger partial charge in [-0.3, -0.25) is 5.43 Å². The Bertz CT molecular complexity index is 1100. The summed E-state index contributed by atoms with van der Waals surface area (Å²) in [6.45, 7) is 5.54. The number of aromatic nitrogens is 2. The van der Waals surface area contributed by atoms with Crippen molar-refractivity contribution in [2.45, 2.75) is 45.6 Å². The molecule has 5 rings (SSSR count). The largest absolute Gasteiger partial charge is 0.496 e. The van der Waals surface area contributed by atoms with Gasteiger partial charge in [0, 0.05) is 23.3 Å². The van der Waals surface area contributed by atoms with E-state index in [-0.39, 0.29) is 0 Å². The minimum Gasteiger partial charge on any atom is -0.496 e. The van der Waals surface area contributed by atoms with Crippen LogP contribution in [0.25, 0.3) is 10.2 Å². The molecule has 6 nitrogen and oxygen atoms in total. The van der Waals surface area contributed by atoms with E-state index in [1.54, 1.807) is 29.7 Å². The lowest BCUT2D eigenvalue weighted by molar-refractivity contribution is -0.901. The van der Waals surface area contributed by atoms with E-state index in [2.05, 4.69) is 38.7 Å². The van der Waals surface area contributed by atoms with Gasteiger partial charge in [-0.1, -0.05) is 0 Å². The van der Waals surface area contributed by atoms with Gasteiger partial charge in [-0.2, -0.15) is 5.10 Å². The highest BCUT2D eigenvalue weighted by Gasteiger charge is 2.21. The van der Waals surface area contributed by atoms with Crippen LogP contribution in [0.4, 0.5) is 5.82 Å². The van der Waals surface area contributed by atoms with Gasteiger partial charge in [0.2, 0.25) is 0 Å². The molecule has 7 heteroatoms. The molecule has 2 N–H and O–H groups in total. The van der Waals surface area contributed by atoms with Gasteiger partial charge in [0.05, 0.1) is 31.3 Å². The quantitative estimate of drug-likeness (QED) is 0.473. The first-order valence-corrected chi connectivity index (χ1v) is 11.6. The third kappa shape index (κ3) is 3.68. The Balaban J connectivity index is 1.41. The molecule has 3 aromatic rings. The number of hydrogen-bond donors (Lipinski definition) is 2. The van der Waals surface area contributed by atoms with Crippen LogP contribution in [0.2, 0.25) is 0 Å². The molecule has 1 saturated heterocycles. The van der Waals surface area contributed by atoms with Gasteiger partial charge in [-0.15, -0.1) is 11.3 Å². The third-order valence-corrected chi connectivity index (χ3v) is 7.48. The second-order valence-corrected chi connectivity index (χ2v) is 9.31. The highest BCUT2D eigenvalue weighted by molar-refractivity contribution is 7.19. The lowest BCUT2D eigenvalue weighted by Gasteiger charge is -2.15. The number of methoxy groups -OCH3 is 1. The fraction of sp³-hybridized carbons (Fsp3) is 0.435. The SMILES string of the molecule is COc1ccc(/C(C)=N\Nc2ncnc3sc4c(c23)CCC4)cc1C[NH+]1CCCC1. The number of quaternary nitrogens is 1. The van der Waals surface area contributed by atoms with Crippen LogP contribution in [0.15, 0.2) is 29.6 Å². The van der Waals surface area contributed by atoms with Crippen LogP contribution in [-0.2, 0) is 19.4 Å². The van der Waals surface area contributed by atoms with Crippen molar-refractivity contribution in [2.75, 3.05) is 25.6 Å². The number of fused-ring (bicyclic) bond motifs is 3. The number of nitrogens with one attached hydrogen (secondary N) is 2. The Morgan fingerprint density at radius 1 is 1.20 bits per heavy atom. The zero-order chi connectivity index (χ0) is 20.5. The van der Waals surface area contributed by atoms with Crippen LogP contribution < -0.4 is 15.1 Å². The zero-order valence-electron chi connectivity index (χ0n) is 17.6. The molecule has 30 heavy (non-hydrogen) atoms. The van der Waals surface area contributed by atoms with Gasteiger partial charge in [-0.25, -0.2) is 9.97 Å². The standard InChI is InChI=1S/C23H27N5OS/c1-15(16-8-9-19(29-2)17(12-16)13-28-10-3-4-11-28)26-27-22-21-18-6-5-7-20(18)30-23(21)25-14-24-22/h8-9,12,14H,3-7,10-11,13H2,1-2H3,(H,24,25,27)/p+1/b26-15-. The van der Waals surface area contributed by atoms with Gasteiger partial charge in [-0.05, 0) is 55.5 Å². The first-order chi connectivity index (χ1) is 14.7. The van der Waals surface area contributed by atoms with E-state index in [9.17, 15) is 0 Å². The summed E-state index contributed by atoms with van der Waals surface area (Å²) in [5.41, 5.74) is 7.94. The predicted octanol–water partition coefficient (Wildman–Crippen LogP) is 3.20. The third-order valence-electron chi connectivity index (χ3n) is 6.28. The minimum absolute atomic E-state index is 0.814. The van der Waals surface area contributed by atoms with Crippen molar-refractivity contribution in [2.24, 2.45) is 5.10 Å². The van der Waals surface area contributed by atoms with Crippen molar-refractivity contribution < 1.29 is 9.64 Å². The molecule has 2 aliphatic rings. The summed E-state index contributed by atoms with van der Waals surface area (Å²) < 4.78 is 5.62. The van der Waals surface area contributed by atoms with E-state index < -0.39 is 0 Å². The monoisotopic (exact) mass is 422 g/mol. The lowest BCUT2D eigenvalue weighted by Crippen LogP contribution is -3.08. The molecule has 3 heterocycles. The second kappa shape index (κ2) is 8.32. The van der Waals surface area contributed by atoms with Gasteiger partial charge in [0.1, 0.15) is 23.5 Å². The summed E-state index contributed by atoms with van der Waals surface area (Å²) in [5, 5.41) is 5.83. The molecular formula is C23H28N5OS+. The van der Waals surface area contributed by atoms with Crippen molar-refractivity contribution in [1.29, 1.82) is 0 Å². The molecule has 0 saturated carbocycles. The maximum atomic E-state index is 5.62. The summed E-state index contributed by atoms with van der Waals surface area (Å²) >= 11 is 1.80. The molecule has 0 spiro atoms. The summed E-state index contributed by atoms with van der Waals surface area (Å²) in [6.07, 6.45) is 7.77. The summed E-state index contributed by atoms with van der Waals surface area (Å²) in [7, 11) is 1.75. The number of ether oxygens (including phenoxy) is 1. The number of rotatable bonds is 6. The topological polar surface area (TPSA) is 63.8 Å². The normalized spacial score (nSPS) is 16.9. The van der Waals surface area contributed by atoms with Crippen LogP contribution in [0.1, 0.15) is 47.8 Å². The number of benzene rings is 1. The fourth-order valence-corrected chi connectivity index (χ4v) is 5.91. The second-order valence-electron chi connectivity index (χ2n) is 8.23. The number of hydrazone groups is 1. The number of hydrogen-bond acceptors (Lipinski definition) is 6. The summed E-state index contributed by atoms with van der Waals surface area (Å²) in [6, 6.07) is 6.37. The predicted molar refractivity (Wildman–Crippen MR) is 122 cm³/mol. The van der Waals surface area contributed by atoms with Gasteiger partial charge < -0.3 is 9.64 Å². The van der Waals surface area contributed by atoms with E-state index in [1.165, 1.54) is 48.4 Å². The minimum atomic E-state index is 0.814. The van der Waals surface area contributed by atoms with Gasteiger partial charge in [0.15, 0.2) is 5.82 Å². The highest BCUT2D eigenvalue weighted by atomic mass is 32.1. The molecule has 156 valence electrons. The van der Waals surface area contributed by atoms with E-state index in [0.717, 1.165) is 52.4 Å². The molecule has 0 bridgehead atoms. The van der Waals surface area contributed by atoms with Crippen molar-refractivity contribution >= 4 is 33.1 Å². The molecule has 0 unspecified atom stereocenters. The maximum Gasteiger partial charge on any atom is 0.158 e. The van der Waals surface area contributed by atoms with Crippen molar-refractivity contribution in [1.82, 2.24) is 9.97 Å². The number of aryl methyl sites for hydroxylation is 2. The van der Waals surface area contributed by atoms with Crippen molar-refractivity contribution in [3.8, 4) is 5.75 Å². The smallest absolute Gasteiger partial charge is 0.158 e.